The molecule has 0 heterocycles. The minimum Gasteiger partial charge on any atom is -0.369 e. The molecule has 0 fully saturated rings. The van der Waals surface area contributed by atoms with Gasteiger partial charge in [0.2, 0.25) is 0 Å². The summed E-state index contributed by atoms with van der Waals surface area (Å²) in [5, 5.41) is 0. The lowest BCUT2D eigenvalue weighted by Gasteiger charge is -2.27. The van der Waals surface area contributed by atoms with Crippen LogP contribution in [0.3, 0.4) is 0 Å². The van der Waals surface area contributed by atoms with Crippen LogP contribution in [-0.2, 0) is 11.3 Å². The summed E-state index contributed by atoms with van der Waals surface area (Å²) in [7, 11) is 0. The molecule has 0 aliphatic heterocycles. The summed E-state index contributed by atoms with van der Waals surface area (Å²) >= 11 is 0. The highest BCUT2D eigenvalue weighted by atomic mass is 16.5. The van der Waals surface area contributed by atoms with E-state index >= 15 is 0 Å². The molecule has 0 aliphatic carbocycles. The third-order valence-corrected chi connectivity index (χ3v) is 3.26. The normalized spacial score (nSPS) is 14.8. The Morgan fingerprint density at radius 3 is 2.56 bits per heavy atom. The van der Waals surface area contributed by atoms with Gasteiger partial charge >= 0.3 is 0 Å². The Morgan fingerprint density at radius 2 is 2.00 bits per heavy atom. The highest BCUT2D eigenvalue weighted by Crippen LogP contribution is 2.18. The molecule has 2 heteroatoms. The zero-order valence-electron chi connectivity index (χ0n) is 10.8. The third kappa shape index (κ3) is 3.32. The van der Waals surface area contributed by atoms with Crippen LogP contribution in [0.15, 0.2) is 18.2 Å². The van der Waals surface area contributed by atoms with Crippen molar-refractivity contribution < 1.29 is 4.74 Å². The van der Waals surface area contributed by atoms with E-state index in [1.807, 2.05) is 0 Å². The molecule has 0 saturated carbocycles. The number of hydrogen-bond donors (Lipinski definition) is 1. The zero-order chi connectivity index (χ0) is 12.2. The third-order valence-electron chi connectivity index (χ3n) is 3.26. The summed E-state index contributed by atoms with van der Waals surface area (Å²) in [6.07, 6.45) is 0.939. The second kappa shape index (κ2) is 5.46. The van der Waals surface area contributed by atoms with Crippen molar-refractivity contribution in [3.63, 3.8) is 0 Å². The van der Waals surface area contributed by atoms with Crippen molar-refractivity contribution in [1.82, 2.24) is 0 Å². The SMILES string of the molecule is CCC(C)(CN)OCc1cc(C)ccc1C. The lowest BCUT2D eigenvalue weighted by molar-refractivity contribution is -0.0389. The van der Waals surface area contributed by atoms with Crippen LogP contribution in [-0.4, -0.2) is 12.1 Å². The summed E-state index contributed by atoms with van der Waals surface area (Å²) in [4.78, 5) is 0. The quantitative estimate of drug-likeness (QED) is 0.829. The van der Waals surface area contributed by atoms with E-state index in [4.69, 9.17) is 10.5 Å². The topological polar surface area (TPSA) is 35.2 Å². The Kier molecular flexibility index (Phi) is 4.51. The van der Waals surface area contributed by atoms with Gasteiger partial charge in [-0.3, -0.25) is 0 Å². The number of benzene rings is 1. The van der Waals surface area contributed by atoms with Crippen LogP contribution in [0.1, 0.15) is 37.0 Å². The van der Waals surface area contributed by atoms with E-state index in [0.717, 1.165) is 6.42 Å². The largest absolute Gasteiger partial charge is 0.369 e. The maximum atomic E-state index is 5.92. The predicted molar refractivity (Wildman–Crippen MR) is 68.5 cm³/mol. The van der Waals surface area contributed by atoms with Crippen LogP contribution in [0, 0.1) is 13.8 Å². The lowest BCUT2D eigenvalue weighted by atomic mass is 10.0. The van der Waals surface area contributed by atoms with Gasteiger partial charge in [-0.05, 0) is 38.3 Å². The van der Waals surface area contributed by atoms with Gasteiger partial charge in [0.25, 0.3) is 0 Å². The maximum Gasteiger partial charge on any atom is 0.0778 e. The van der Waals surface area contributed by atoms with Crippen LogP contribution < -0.4 is 5.73 Å². The Hall–Kier alpha value is -0.860. The monoisotopic (exact) mass is 221 g/mol. The summed E-state index contributed by atoms with van der Waals surface area (Å²) in [5.74, 6) is 0. The maximum absolute atomic E-state index is 5.92. The van der Waals surface area contributed by atoms with E-state index < -0.39 is 0 Å². The number of nitrogens with two attached hydrogens (primary N) is 1. The van der Waals surface area contributed by atoms with Gasteiger partial charge in [0, 0.05) is 6.54 Å². The summed E-state index contributed by atoms with van der Waals surface area (Å²) in [6, 6.07) is 6.45. The second-order valence-corrected chi connectivity index (χ2v) is 4.73. The Balaban J connectivity index is 2.70. The molecular weight excluding hydrogens is 198 g/mol. The van der Waals surface area contributed by atoms with Crippen molar-refractivity contribution in [2.24, 2.45) is 5.73 Å². The van der Waals surface area contributed by atoms with E-state index in [1.165, 1.54) is 16.7 Å². The molecule has 0 aromatic heterocycles. The number of aryl methyl sites for hydroxylation is 2. The molecular formula is C14H23NO. The van der Waals surface area contributed by atoms with E-state index in [0.29, 0.717) is 13.2 Å². The highest BCUT2D eigenvalue weighted by molar-refractivity contribution is 5.29. The van der Waals surface area contributed by atoms with E-state index in [1.54, 1.807) is 0 Å². The summed E-state index contributed by atoms with van der Waals surface area (Å²) in [5.41, 5.74) is 9.34. The van der Waals surface area contributed by atoms with Gasteiger partial charge in [0.15, 0.2) is 0 Å². The fourth-order valence-electron chi connectivity index (χ4n) is 1.51. The molecule has 2 nitrogen and oxygen atoms in total. The number of rotatable bonds is 5. The van der Waals surface area contributed by atoms with Gasteiger partial charge in [-0.1, -0.05) is 30.7 Å². The molecule has 90 valence electrons. The molecule has 1 atom stereocenters. The van der Waals surface area contributed by atoms with Crippen LogP contribution >= 0.6 is 0 Å². The van der Waals surface area contributed by atoms with Gasteiger partial charge in [0.1, 0.15) is 0 Å². The molecule has 0 spiro atoms. The van der Waals surface area contributed by atoms with Gasteiger partial charge in [0.05, 0.1) is 12.2 Å². The molecule has 1 unspecified atom stereocenters. The predicted octanol–water partition coefficient (Wildman–Crippen LogP) is 2.95. The molecule has 2 N–H and O–H groups in total. The van der Waals surface area contributed by atoms with Gasteiger partial charge in [-0.15, -0.1) is 0 Å². The first kappa shape index (κ1) is 13.2. The number of ether oxygens (including phenoxy) is 1. The van der Waals surface area contributed by atoms with Crippen molar-refractivity contribution in [2.75, 3.05) is 6.54 Å². The fourth-order valence-corrected chi connectivity index (χ4v) is 1.51. The Labute approximate surface area is 98.8 Å². The first-order chi connectivity index (χ1) is 7.50. The summed E-state index contributed by atoms with van der Waals surface area (Å²) in [6.45, 7) is 9.60. The molecule has 1 rings (SSSR count). The van der Waals surface area contributed by atoms with Crippen molar-refractivity contribution in [3.8, 4) is 0 Å². The molecule has 0 aliphatic rings. The van der Waals surface area contributed by atoms with Crippen molar-refractivity contribution in [1.29, 1.82) is 0 Å². The molecule has 0 bridgehead atoms. The first-order valence-corrected chi connectivity index (χ1v) is 5.91. The molecule has 16 heavy (non-hydrogen) atoms. The van der Waals surface area contributed by atoms with Crippen molar-refractivity contribution >= 4 is 0 Å². The molecule has 0 radical (unpaired) electrons. The Bertz CT molecular complexity index is 343. The Morgan fingerprint density at radius 1 is 1.31 bits per heavy atom. The standard InChI is InChI=1S/C14H23NO/c1-5-14(4,10-15)16-9-13-8-11(2)6-7-12(13)3/h6-8H,5,9-10,15H2,1-4H3. The smallest absolute Gasteiger partial charge is 0.0778 e. The lowest BCUT2D eigenvalue weighted by Crippen LogP contribution is -2.36. The summed E-state index contributed by atoms with van der Waals surface area (Å²) < 4.78 is 5.92. The van der Waals surface area contributed by atoms with Crippen LogP contribution in [0.5, 0.6) is 0 Å². The molecule has 0 amide bonds. The first-order valence-electron chi connectivity index (χ1n) is 5.91. The fraction of sp³-hybridized carbons (Fsp3) is 0.571. The van der Waals surface area contributed by atoms with Crippen LogP contribution in [0.4, 0.5) is 0 Å². The van der Waals surface area contributed by atoms with Crippen LogP contribution in [0.2, 0.25) is 0 Å². The molecule has 1 aromatic rings. The minimum atomic E-state index is -0.198. The van der Waals surface area contributed by atoms with Gasteiger partial charge in [-0.2, -0.15) is 0 Å². The second-order valence-electron chi connectivity index (χ2n) is 4.73. The zero-order valence-corrected chi connectivity index (χ0v) is 10.8. The van der Waals surface area contributed by atoms with E-state index in [2.05, 4.69) is 45.9 Å². The minimum absolute atomic E-state index is 0.198. The van der Waals surface area contributed by atoms with E-state index in [-0.39, 0.29) is 5.60 Å². The average molecular weight is 221 g/mol. The highest BCUT2D eigenvalue weighted by Gasteiger charge is 2.20. The average Bonchev–Trinajstić information content (AvgIpc) is 2.30. The van der Waals surface area contributed by atoms with Crippen molar-refractivity contribution in [2.45, 2.75) is 46.3 Å². The van der Waals surface area contributed by atoms with Gasteiger partial charge in [-0.25, -0.2) is 0 Å². The molecule has 0 saturated heterocycles. The van der Waals surface area contributed by atoms with E-state index in [9.17, 15) is 0 Å². The number of hydrogen-bond acceptors (Lipinski definition) is 2. The van der Waals surface area contributed by atoms with Crippen molar-refractivity contribution in [3.05, 3.63) is 34.9 Å². The van der Waals surface area contributed by atoms with Crippen LogP contribution in [0.25, 0.3) is 0 Å². The molecule has 1 aromatic carbocycles. The van der Waals surface area contributed by atoms with Gasteiger partial charge < -0.3 is 10.5 Å².